The highest BCUT2D eigenvalue weighted by Crippen LogP contribution is 2.23. The van der Waals surface area contributed by atoms with Gasteiger partial charge >= 0.3 is 0 Å². The van der Waals surface area contributed by atoms with Gasteiger partial charge in [0, 0.05) is 12.7 Å². The Hall–Kier alpha value is -2.48. The Balaban J connectivity index is 2.06. The molecular weight excluding hydrogens is 336 g/mol. The van der Waals surface area contributed by atoms with Gasteiger partial charge in [-0.3, -0.25) is 19.6 Å². The third-order valence-corrected chi connectivity index (χ3v) is 4.54. The fourth-order valence-electron chi connectivity index (χ4n) is 3.20. The van der Waals surface area contributed by atoms with E-state index >= 15 is 0 Å². The second kappa shape index (κ2) is 9.86. The first-order chi connectivity index (χ1) is 12.6. The number of carbonyl (C=O) groups is 3. The van der Waals surface area contributed by atoms with Gasteiger partial charge in [0.15, 0.2) is 0 Å². The number of aromatic nitrogens is 1. The van der Waals surface area contributed by atoms with Crippen LogP contribution >= 0.6 is 0 Å². The van der Waals surface area contributed by atoms with E-state index in [4.69, 9.17) is 0 Å². The van der Waals surface area contributed by atoms with Crippen molar-refractivity contribution in [3.8, 4) is 0 Å². The Labute approximate surface area is 153 Å². The molecule has 0 saturated carbocycles. The summed E-state index contributed by atoms with van der Waals surface area (Å²) in [5, 5.41) is 12.7. The normalized spacial score (nSPS) is 17.6. The van der Waals surface area contributed by atoms with Gasteiger partial charge in [0.05, 0.1) is 12.5 Å². The summed E-state index contributed by atoms with van der Waals surface area (Å²) in [5.41, 5.74) is 0. The van der Waals surface area contributed by atoms with Crippen LogP contribution in [0.2, 0.25) is 0 Å². The molecule has 1 saturated heterocycles. The third kappa shape index (κ3) is 5.26. The average molecular weight is 362 g/mol. The van der Waals surface area contributed by atoms with E-state index in [9.17, 15) is 19.6 Å². The van der Waals surface area contributed by atoms with Crippen LogP contribution in [0, 0.1) is 5.92 Å². The third-order valence-electron chi connectivity index (χ3n) is 4.54. The van der Waals surface area contributed by atoms with E-state index < -0.39 is 12.0 Å². The van der Waals surface area contributed by atoms with Gasteiger partial charge in [0.25, 0.3) is 0 Å². The number of likely N-dealkylation sites (tertiary alicyclic amines) is 1. The van der Waals surface area contributed by atoms with Crippen molar-refractivity contribution in [1.29, 1.82) is 0 Å². The lowest BCUT2D eigenvalue weighted by Gasteiger charge is -2.29. The largest absolute Gasteiger partial charge is 0.330 e. The number of nitrogens with zero attached hydrogens (tertiary/aromatic N) is 3. The molecule has 8 heteroatoms. The predicted octanol–water partition coefficient (Wildman–Crippen LogP) is 1.67. The lowest BCUT2D eigenvalue weighted by atomic mass is 9.99. The fraction of sp³-hybridized carbons (Fsp3) is 0.556. The molecule has 0 bridgehead atoms. The van der Waals surface area contributed by atoms with Crippen molar-refractivity contribution in [3.63, 3.8) is 0 Å². The summed E-state index contributed by atoms with van der Waals surface area (Å²) in [5.74, 6) is -0.534. The van der Waals surface area contributed by atoms with Crippen LogP contribution in [0.25, 0.3) is 0 Å². The van der Waals surface area contributed by atoms with E-state index in [2.05, 4.69) is 10.3 Å². The molecule has 2 heterocycles. The van der Waals surface area contributed by atoms with Gasteiger partial charge < -0.3 is 10.2 Å². The zero-order chi connectivity index (χ0) is 18.9. The highest BCUT2D eigenvalue weighted by Gasteiger charge is 2.37. The smallest absolute Gasteiger partial charge is 0.248 e. The number of unbranched alkanes of at least 4 members (excludes halogenated alkanes) is 1. The molecule has 3 amide bonds. The van der Waals surface area contributed by atoms with Crippen molar-refractivity contribution in [2.45, 2.75) is 45.1 Å². The van der Waals surface area contributed by atoms with Crippen LogP contribution in [0.4, 0.5) is 5.82 Å². The summed E-state index contributed by atoms with van der Waals surface area (Å²) in [6, 6.07) is 4.66. The zero-order valence-electron chi connectivity index (χ0n) is 15.0. The average Bonchev–Trinajstić information content (AvgIpc) is 3.15. The molecule has 1 fully saturated rings. The van der Waals surface area contributed by atoms with Gasteiger partial charge in [-0.05, 0) is 31.4 Å². The number of amides is 3. The Bertz CT molecular complexity index is 610. The number of carbonyl (C=O) groups excluding carboxylic acids is 3. The van der Waals surface area contributed by atoms with E-state index in [0.29, 0.717) is 36.7 Å². The van der Waals surface area contributed by atoms with Gasteiger partial charge in [-0.2, -0.15) is 0 Å². The Kier molecular flexibility index (Phi) is 7.53. The van der Waals surface area contributed by atoms with E-state index in [0.717, 1.165) is 19.3 Å². The second-order valence-corrected chi connectivity index (χ2v) is 6.46. The molecule has 1 aliphatic rings. The topological polar surface area (TPSA) is 103 Å². The van der Waals surface area contributed by atoms with Crippen molar-refractivity contribution in [1.82, 2.24) is 14.9 Å². The number of rotatable bonds is 9. The molecule has 1 aromatic rings. The molecule has 0 radical (unpaired) electrons. The Morgan fingerprint density at radius 2 is 2.31 bits per heavy atom. The molecular formula is C18H26N4O4. The quantitative estimate of drug-likeness (QED) is 0.395. The minimum Gasteiger partial charge on any atom is -0.330 e. The van der Waals surface area contributed by atoms with Gasteiger partial charge in [-0.15, -0.1) is 0 Å². The molecule has 2 atom stereocenters. The highest BCUT2D eigenvalue weighted by atomic mass is 16.5. The number of anilines is 1. The summed E-state index contributed by atoms with van der Waals surface area (Å²) < 4.78 is 0. The number of nitrogens with one attached hydrogen (secondary N) is 1. The van der Waals surface area contributed by atoms with Crippen LogP contribution in [0.3, 0.4) is 0 Å². The zero-order valence-corrected chi connectivity index (χ0v) is 15.0. The molecule has 8 nitrogen and oxygen atoms in total. The molecule has 0 spiro atoms. The highest BCUT2D eigenvalue weighted by molar-refractivity contribution is 5.97. The lowest BCUT2D eigenvalue weighted by Crippen LogP contribution is -2.47. The van der Waals surface area contributed by atoms with Gasteiger partial charge in [-0.1, -0.05) is 25.8 Å². The molecule has 142 valence electrons. The van der Waals surface area contributed by atoms with Crippen molar-refractivity contribution >= 4 is 24.0 Å². The first kappa shape index (κ1) is 19.8. The van der Waals surface area contributed by atoms with E-state index in [1.165, 1.54) is 0 Å². The van der Waals surface area contributed by atoms with Crippen molar-refractivity contribution in [2.75, 3.05) is 18.4 Å². The van der Waals surface area contributed by atoms with Gasteiger partial charge in [-0.25, -0.2) is 10.0 Å². The maximum atomic E-state index is 12.9. The fourth-order valence-corrected chi connectivity index (χ4v) is 3.20. The summed E-state index contributed by atoms with van der Waals surface area (Å²) in [4.78, 5) is 41.9. The van der Waals surface area contributed by atoms with Crippen molar-refractivity contribution in [3.05, 3.63) is 24.4 Å². The summed E-state index contributed by atoms with van der Waals surface area (Å²) in [6.45, 7) is 2.44. The van der Waals surface area contributed by atoms with Crippen LogP contribution in [-0.4, -0.2) is 57.5 Å². The van der Waals surface area contributed by atoms with E-state index in [1.54, 1.807) is 29.3 Å². The maximum Gasteiger partial charge on any atom is 0.248 e. The van der Waals surface area contributed by atoms with Crippen LogP contribution in [0.1, 0.15) is 39.0 Å². The molecule has 0 aliphatic carbocycles. The number of hydroxylamine groups is 2. The minimum atomic E-state index is -0.558. The number of pyridine rings is 1. The van der Waals surface area contributed by atoms with Crippen LogP contribution in [-0.2, 0) is 14.4 Å². The van der Waals surface area contributed by atoms with Gasteiger partial charge in [0.1, 0.15) is 11.9 Å². The van der Waals surface area contributed by atoms with Crippen LogP contribution < -0.4 is 5.32 Å². The van der Waals surface area contributed by atoms with Crippen LogP contribution in [0.15, 0.2) is 24.4 Å². The molecule has 1 aliphatic heterocycles. The molecule has 26 heavy (non-hydrogen) atoms. The second-order valence-electron chi connectivity index (χ2n) is 6.46. The molecule has 1 unspecified atom stereocenters. The van der Waals surface area contributed by atoms with Crippen molar-refractivity contribution in [2.24, 2.45) is 5.92 Å². The molecule has 2 N–H and O–H groups in total. The van der Waals surface area contributed by atoms with Crippen molar-refractivity contribution < 1.29 is 19.6 Å². The molecule has 2 rings (SSSR count). The van der Waals surface area contributed by atoms with E-state index in [-0.39, 0.29) is 18.4 Å². The SMILES string of the molecule is CCCCC(CN(O)C=O)C(=O)N1CCC[C@@H]1C(=O)Nc1ccccn1. The Morgan fingerprint density at radius 3 is 2.96 bits per heavy atom. The van der Waals surface area contributed by atoms with Gasteiger partial charge in [0.2, 0.25) is 18.2 Å². The number of hydrogen-bond acceptors (Lipinski definition) is 5. The van der Waals surface area contributed by atoms with Crippen LogP contribution in [0.5, 0.6) is 0 Å². The number of hydrogen-bond donors (Lipinski definition) is 2. The molecule has 0 aromatic carbocycles. The lowest BCUT2D eigenvalue weighted by molar-refractivity contribution is -0.157. The predicted molar refractivity (Wildman–Crippen MR) is 95.2 cm³/mol. The first-order valence-electron chi connectivity index (χ1n) is 9.00. The minimum absolute atomic E-state index is 0.0621. The summed E-state index contributed by atoms with van der Waals surface area (Å²) in [6.07, 6.45) is 5.47. The van der Waals surface area contributed by atoms with E-state index in [1.807, 2.05) is 6.92 Å². The Morgan fingerprint density at radius 1 is 1.50 bits per heavy atom. The first-order valence-corrected chi connectivity index (χ1v) is 9.00. The molecule has 1 aromatic heterocycles. The summed E-state index contributed by atoms with van der Waals surface area (Å²) >= 11 is 0. The summed E-state index contributed by atoms with van der Waals surface area (Å²) in [7, 11) is 0. The maximum absolute atomic E-state index is 12.9. The monoisotopic (exact) mass is 362 g/mol. The standard InChI is InChI=1S/C18H26N4O4/c1-2-3-7-14(12-21(26)13-23)18(25)22-11-6-8-15(22)17(24)20-16-9-4-5-10-19-16/h4-5,9-10,13-15,26H,2-3,6-8,11-12H2,1H3,(H,19,20,24)/t14?,15-/m1/s1.